The molecule has 0 bridgehead atoms. The van der Waals surface area contributed by atoms with Gasteiger partial charge in [0, 0.05) is 6.07 Å². The van der Waals surface area contributed by atoms with Crippen LogP contribution in [0.3, 0.4) is 0 Å². The second-order valence-corrected chi connectivity index (χ2v) is 6.07. The Morgan fingerprint density at radius 1 is 1.10 bits per heavy atom. The van der Waals surface area contributed by atoms with Crippen molar-refractivity contribution in [3.63, 3.8) is 0 Å². The minimum absolute atomic E-state index is 0.0866. The van der Waals surface area contributed by atoms with E-state index in [1.807, 2.05) is 0 Å². The van der Waals surface area contributed by atoms with Gasteiger partial charge < -0.3 is 15.2 Å². The van der Waals surface area contributed by atoms with E-state index in [1.165, 1.54) is 30.5 Å². The standard InChI is InChI=1S/C13H13N3O4S/c14-13-4-1-9(8-15-13)16-21(17,18)10-2-3-11-12(7-10)20-6-5-19-11/h1-4,7-8,16H,5-6H2,(H2,14,15). The Hall–Kier alpha value is -2.48. The molecule has 1 aliphatic rings. The maximum Gasteiger partial charge on any atom is 0.262 e. The fourth-order valence-corrected chi connectivity index (χ4v) is 2.93. The molecule has 0 unspecified atom stereocenters. The molecule has 0 aliphatic carbocycles. The number of rotatable bonds is 3. The summed E-state index contributed by atoms with van der Waals surface area (Å²) in [5, 5.41) is 0. The van der Waals surface area contributed by atoms with Gasteiger partial charge in [0.15, 0.2) is 11.5 Å². The number of fused-ring (bicyclic) bond motifs is 1. The number of nitrogens with one attached hydrogen (secondary N) is 1. The number of pyridine rings is 1. The average Bonchev–Trinajstić information content (AvgIpc) is 2.49. The summed E-state index contributed by atoms with van der Waals surface area (Å²) in [5.74, 6) is 1.27. The first-order chi connectivity index (χ1) is 10.0. The fraction of sp³-hybridized carbons (Fsp3) is 0.154. The lowest BCUT2D eigenvalue weighted by molar-refractivity contribution is 0.171. The molecular weight excluding hydrogens is 294 g/mol. The van der Waals surface area contributed by atoms with Crippen LogP contribution < -0.4 is 19.9 Å². The van der Waals surface area contributed by atoms with E-state index >= 15 is 0 Å². The van der Waals surface area contributed by atoms with Crippen LogP contribution in [0.1, 0.15) is 0 Å². The first kappa shape index (κ1) is 13.5. The third kappa shape index (κ3) is 2.84. The van der Waals surface area contributed by atoms with Gasteiger partial charge in [-0.25, -0.2) is 13.4 Å². The predicted octanol–water partition coefficient (Wildman–Crippen LogP) is 1.24. The van der Waals surface area contributed by atoms with Crippen molar-refractivity contribution < 1.29 is 17.9 Å². The molecule has 0 spiro atoms. The van der Waals surface area contributed by atoms with Crippen LogP contribution in [-0.4, -0.2) is 26.6 Å². The molecule has 0 atom stereocenters. The monoisotopic (exact) mass is 307 g/mol. The molecule has 110 valence electrons. The molecule has 0 saturated carbocycles. The summed E-state index contributed by atoms with van der Waals surface area (Å²) in [6.45, 7) is 0.847. The number of aromatic nitrogens is 1. The first-order valence-corrected chi connectivity index (χ1v) is 7.67. The molecule has 0 radical (unpaired) electrons. The molecule has 0 amide bonds. The van der Waals surface area contributed by atoms with E-state index in [1.54, 1.807) is 6.07 Å². The third-order valence-corrected chi connectivity index (χ3v) is 4.24. The summed E-state index contributed by atoms with van der Waals surface area (Å²) in [5.41, 5.74) is 5.79. The van der Waals surface area contributed by atoms with E-state index in [4.69, 9.17) is 15.2 Å². The lowest BCUT2D eigenvalue weighted by Crippen LogP contribution is -2.17. The maximum atomic E-state index is 12.3. The number of ether oxygens (including phenoxy) is 2. The first-order valence-electron chi connectivity index (χ1n) is 6.19. The summed E-state index contributed by atoms with van der Waals surface area (Å²) in [7, 11) is -3.73. The number of nitrogens with zero attached hydrogens (tertiary/aromatic N) is 1. The van der Waals surface area contributed by atoms with Crippen molar-refractivity contribution in [3.05, 3.63) is 36.5 Å². The minimum Gasteiger partial charge on any atom is -0.486 e. The summed E-state index contributed by atoms with van der Waals surface area (Å²) in [6.07, 6.45) is 1.35. The zero-order valence-electron chi connectivity index (χ0n) is 10.9. The number of hydrogen-bond acceptors (Lipinski definition) is 6. The van der Waals surface area contributed by atoms with E-state index < -0.39 is 10.0 Å². The molecule has 21 heavy (non-hydrogen) atoms. The molecule has 1 aliphatic heterocycles. The van der Waals surface area contributed by atoms with Crippen molar-refractivity contribution in [3.8, 4) is 11.5 Å². The summed E-state index contributed by atoms with van der Waals surface area (Å²) < 4.78 is 37.8. The zero-order valence-corrected chi connectivity index (χ0v) is 11.8. The quantitative estimate of drug-likeness (QED) is 0.884. The Morgan fingerprint density at radius 2 is 1.86 bits per heavy atom. The van der Waals surface area contributed by atoms with Crippen LogP contribution >= 0.6 is 0 Å². The SMILES string of the molecule is Nc1ccc(NS(=O)(=O)c2ccc3c(c2)OCCO3)cn1. The maximum absolute atomic E-state index is 12.3. The van der Waals surface area contributed by atoms with Crippen LogP contribution in [0.4, 0.5) is 11.5 Å². The summed E-state index contributed by atoms with van der Waals surface area (Å²) in [4.78, 5) is 3.92. The van der Waals surface area contributed by atoms with Gasteiger partial charge in [-0.05, 0) is 24.3 Å². The molecule has 1 aromatic heterocycles. The molecule has 3 N–H and O–H groups in total. The van der Waals surface area contributed by atoms with E-state index in [9.17, 15) is 8.42 Å². The van der Waals surface area contributed by atoms with Gasteiger partial charge in [-0.3, -0.25) is 4.72 Å². The highest BCUT2D eigenvalue weighted by molar-refractivity contribution is 7.92. The number of benzene rings is 1. The van der Waals surface area contributed by atoms with Gasteiger partial charge in [0.25, 0.3) is 10.0 Å². The van der Waals surface area contributed by atoms with Crippen LogP contribution in [-0.2, 0) is 10.0 Å². The van der Waals surface area contributed by atoms with Gasteiger partial charge in [-0.1, -0.05) is 0 Å². The van der Waals surface area contributed by atoms with Gasteiger partial charge in [0.1, 0.15) is 19.0 Å². The van der Waals surface area contributed by atoms with E-state index in [0.717, 1.165) is 0 Å². The predicted molar refractivity (Wildman–Crippen MR) is 76.9 cm³/mol. The Labute approximate surface area is 121 Å². The molecule has 3 rings (SSSR count). The topological polar surface area (TPSA) is 104 Å². The van der Waals surface area contributed by atoms with Gasteiger partial charge in [-0.2, -0.15) is 0 Å². The molecule has 2 heterocycles. The number of anilines is 2. The fourth-order valence-electron chi connectivity index (χ4n) is 1.87. The van der Waals surface area contributed by atoms with Crippen LogP contribution in [0.15, 0.2) is 41.4 Å². The Morgan fingerprint density at radius 3 is 2.57 bits per heavy atom. The van der Waals surface area contributed by atoms with E-state index in [-0.39, 0.29) is 4.90 Å². The number of hydrogen-bond donors (Lipinski definition) is 2. The molecule has 0 fully saturated rings. The van der Waals surface area contributed by atoms with E-state index in [0.29, 0.717) is 36.2 Å². The van der Waals surface area contributed by atoms with Gasteiger partial charge in [0.05, 0.1) is 16.8 Å². The normalized spacial score (nSPS) is 13.7. The molecule has 2 aromatic rings. The second-order valence-electron chi connectivity index (χ2n) is 4.38. The van der Waals surface area contributed by atoms with Crippen LogP contribution in [0.5, 0.6) is 11.5 Å². The van der Waals surface area contributed by atoms with Crippen molar-refractivity contribution in [2.24, 2.45) is 0 Å². The highest BCUT2D eigenvalue weighted by Gasteiger charge is 2.19. The average molecular weight is 307 g/mol. The Bertz CT molecular complexity index is 759. The molecule has 1 aromatic carbocycles. The molecule has 7 nitrogen and oxygen atoms in total. The Kier molecular flexibility index (Phi) is 3.30. The lowest BCUT2D eigenvalue weighted by atomic mass is 10.3. The molecule has 8 heteroatoms. The van der Waals surface area contributed by atoms with Crippen LogP contribution in [0.25, 0.3) is 0 Å². The van der Waals surface area contributed by atoms with Gasteiger partial charge in [0.2, 0.25) is 0 Å². The smallest absolute Gasteiger partial charge is 0.262 e. The van der Waals surface area contributed by atoms with Crippen molar-refractivity contribution in [1.82, 2.24) is 4.98 Å². The van der Waals surface area contributed by atoms with E-state index in [2.05, 4.69) is 9.71 Å². The number of sulfonamides is 1. The highest BCUT2D eigenvalue weighted by atomic mass is 32.2. The van der Waals surface area contributed by atoms with Crippen LogP contribution in [0, 0.1) is 0 Å². The third-order valence-electron chi connectivity index (χ3n) is 2.86. The Balaban J connectivity index is 1.89. The summed E-state index contributed by atoms with van der Waals surface area (Å²) in [6, 6.07) is 7.52. The van der Waals surface area contributed by atoms with Crippen molar-refractivity contribution in [1.29, 1.82) is 0 Å². The van der Waals surface area contributed by atoms with Crippen LogP contribution in [0.2, 0.25) is 0 Å². The molecular formula is C13H13N3O4S. The van der Waals surface area contributed by atoms with Crippen molar-refractivity contribution >= 4 is 21.5 Å². The largest absolute Gasteiger partial charge is 0.486 e. The van der Waals surface area contributed by atoms with Crippen molar-refractivity contribution in [2.75, 3.05) is 23.7 Å². The molecule has 0 saturated heterocycles. The van der Waals surface area contributed by atoms with Gasteiger partial charge >= 0.3 is 0 Å². The second kappa shape index (κ2) is 5.13. The number of nitrogens with two attached hydrogens (primary N) is 1. The number of nitrogen functional groups attached to an aromatic ring is 1. The van der Waals surface area contributed by atoms with Crippen molar-refractivity contribution in [2.45, 2.75) is 4.90 Å². The minimum atomic E-state index is -3.73. The van der Waals surface area contributed by atoms with Gasteiger partial charge in [-0.15, -0.1) is 0 Å². The highest BCUT2D eigenvalue weighted by Crippen LogP contribution is 2.32. The summed E-state index contributed by atoms with van der Waals surface area (Å²) >= 11 is 0. The lowest BCUT2D eigenvalue weighted by Gasteiger charge is -2.19. The zero-order chi connectivity index (χ0) is 14.9.